The van der Waals surface area contributed by atoms with Crippen molar-refractivity contribution in [2.45, 2.75) is 19.0 Å². The summed E-state index contributed by atoms with van der Waals surface area (Å²) in [6.45, 7) is 0. The van der Waals surface area contributed by atoms with Crippen molar-refractivity contribution in [1.29, 1.82) is 0 Å². The summed E-state index contributed by atoms with van der Waals surface area (Å²) in [4.78, 5) is 1.84. The van der Waals surface area contributed by atoms with E-state index in [0.717, 1.165) is 5.70 Å². The van der Waals surface area contributed by atoms with E-state index < -0.39 is 11.7 Å². The van der Waals surface area contributed by atoms with E-state index in [1.807, 2.05) is 19.0 Å². The highest BCUT2D eigenvalue weighted by Crippen LogP contribution is 2.32. The van der Waals surface area contributed by atoms with Crippen LogP contribution < -0.4 is 0 Å². The van der Waals surface area contributed by atoms with Crippen molar-refractivity contribution < 1.29 is 13.2 Å². The Balaban J connectivity index is 2.77. The van der Waals surface area contributed by atoms with Gasteiger partial charge in [-0.05, 0) is 18.9 Å². The molecule has 0 spiro atoms. The Hall–Kier alpha value is -0.930. The van der Waals surface area contributed by atoms with E-state index >= 15 is 0 Å². The third-order valence-electron chi connectivity index (χ3n) is 2.07. The maximum atomic E-state index is 12.2. The molecule has 0 N–H and O–H groups in total. The van der Waals surface area contributed by atoms with Gasteiger partial charge in [0.1, 0.15) is 0 Å². The van der Waals surface area contributed by atoms with Crippen LogP contribution >= 0.6 is 0 Å². The van der Waals surface area contributed by atoms with Crippen molar-refractivity contribution in [3.05, 3.63) is 23.4 Å². The number of halogens is 3. The van der Waals surface area contributed by atoms with Crippen molar-refractivity contribution in [3.63, 3.8) is 0 Å². The highest BCUT2D eigenvalue weighted by Gasteiger charge is 2.33. The lowest BCUT2D eigenvalue weighted by atomic mass is 10.0. The predicted molar refractivity (Wildman–Crippen MR) is 45.1 cm³/mol. The van der Waals surface area contributed by atoms with Crippen molar-refractivity contribution in [2.24, 2.45) is 0 Å². The Morgan fingerprint density at radius 3 is 2.08 bits per heavy atom. The minimum atomic E-state index is -4.16. The zero-order valence-electron chi connectivity index (χ0n) is 7.65. The Morgan fingerprint density at radius 2 is 1.77 bits per heavy atom. The highest BCUT2D eigenvalue weighted by molar-refractivity contribution is 5.25. The average Bonchev–Trinajstić information content (AvgIpc) is 2.03. The Labute approximate surface area is 75.5 Å². The molecule has 0 unspecified atom stereocenters. The Morgan fingerprint density at radius 1 is 1.15 bits per heavy atom. The molecular weight excluding hydrogens is 179 g/mol. The van der Waals surface area contributed by atoms with E-state index in [1.54, 1.807) is 0 Å². The van der Waals surface area contributed by atoms with Crippen LogP contribution in [0.4, 0.5) is 13.2 Å². The molecule has 0 heterocycles. The monoisotopic (exact) mass is 191 g/mol. The second kappa shape index (κ2) is 3.44. The molecule has 0 bridgehead atoms. The van der Waals surface area contributed by atoms with Gasteiger partial charge in [-0.15, -0.1) is 0 Å². The first-order chi connectivity index (χ1) is 5.91. The van der Waals surface area contributed by atoms with Gasteiger partial charge in [-0.2, -0.15) is 13.2 Å². The van der Waals surface area contributed by atoms with E-state index in [4.69, 9.17) is 0 Å². The summed E-state index contributed by atoms with van der Waals surface area (Å²) in [6.07, 6.45) is -0.897. The van der Waals surface area contributed by atoms with Crippen LogP contribution in [0, 0.1) is 0 Å². The standard InChI is InChI=1S/C9H12F3N/c1-13(2)8-5-3-7(4-6-8)9(10,11)12/h3,5H,4,6H2,1-2H3. The molecule has 74 valence electrons. The molecule has 1 aliphatic carbocycles. The minimum Gasteiger partial charge on any atom is -0.381 e. The smallest absolute Gasteiger partial charge is 0.381 e. The molecule has 0 radical (unpaired) electrons. The van der Waals surface area contributed by atoms with Gasteiger partial charge in [-0.1, -0.05) is 6.08 Å². The van der Waals surface area contributed by atoms with E-state index in [0.29, 0.717) is 6.42 Å². The Bertz CT molecular complexity index is 248. The van der Waals surface area contributed by atoms with Crippen LogP contribution in [0.5, 0.6) is 0 Å². The largest absolute Gasteiger partial charge is 0.412 e. The van der Waals surface area contributed by atoms with E-state index in [2.05, 4.69) is 0 Å². The first-order valence-electron chi connectivity index (χ1n) is 4.05. The van der Waals surface area contributed by atoms with Crippen LogP contribution in [-0.4, -0.2) is 25.2 Å². The summed E-state index contributed by atoms with van der Waals surface area (Å²) in [5, 5.41) is 0. The molecule has 1 nitrogen and oxygen atoms in total. The van der Waals surface area contributed by atoms with Gasteiger partial charge in [0.15, 0.2) is 0 Å². The molecule has 0 fully saturated rings. The van der Waals surface area contributed by atoms with Crippen molar-refractivity contribution in [3.8, 4) is 0 Å². The van der Waals surface area contributed by atoms with Crippen LogP contribution in [0.1, 0.15) is 12.8 Å². The fraction of sp³-hybridized carbons (Fsp3) is 0.556. The number of nitrogens with zero attached hydrogens (tertiary/aromatic N) is 1. The summed E-state index contributed by atoms with van der Waals surface area (Å²) in [7, 11) is 3.66. The minimum absolute atomic E-state index is 0.0908. The van der Waals surface area contributed by atoms with Gasteiger partial charge in [-0.25, -0.2) is 0 Å². The number of alkyl halides is 3. The molecular formula is C9H12F3N. The van der Waals surface area contributed by atoms with E-state index in [1.165, 1.54) is 12.2 Å². The number of hydrogen-bond acceptors (Lipinski definition) is 1. The number of rotatable bonds is 1. The van der Waals surface area contributed by atoms with Gasteiger partial charge in [0.2, 0.25) is 0 Å². The third kappa shape index (κ3) is 2.50. The third-order valence-corrected chi connectivity index (χ3v) is 2.07. The summed E-state index contributed by atoms with van der Waals surface area (Å²) in [5.74, 6) is 0. The van der Waals surface area contributed by atoms with Crippen LogP contribution in [0.3, 0.4) is 0 Å². The molecule has 0 saturated carbocycles. The van der Waals surface area contributed by atoms with Crippen molar-refractivity contribution >= 4 is 0 Å². The van der Waals surface area contributed by atoms with Crippen LogP contribution in [0.15, 0.2) is 23.4 Å². The molecule has 0 aromatic carbocycles. The SMILES string of the molecule is CN(C)C1=CC=C(C(F)(F)F)CC1. The molecule has 0 saturated heterocycles. The normalized spacial score (nSPS) is 17.9. The lowest BCUT2D eigenvalue weighted by molar-refractivity contribution is -0.0942. The van der Waals surface area contributed by atoms with Gasteiger partial charge in [0.05, 0.1) is 0 Å². The zero-order valence-corrected chi connectivity index (χ0v) is 7.65. The first-order valence-corrected chi connectivity index (χ1v) is 4.05. The lowest BCUT2D eigenvalue weighted by Crippen LogP contribution is -2.18. The topological polar surface area (TPSA) is 3.24 Å². The van der Waals surface area contributed by atoms with Gasteiger partial charge in [0, 0.05) is 25.4 Å². The summed E-state index contributed by atoms with van der Waals surface area (Å²) < 4.78 is 36.5. The summed E-state index contributed by atoms with van der Waals surface area (Å²) >= 11 is 0. The fourth-order valence-corrected chi connectivity index (χ4v) is 1.24. The summed E-state index contributed by atoms with van der Waals surface area (Å²) in [6, 6.07) is 0. The molecule has 1 rings (SSSR count). The average molecular weight is 191 g/mol. The highest BCUT2D eigenvalue weighted by atomic mass is 19.4. The molecule has 0 aromatic heterocycles. The van der Waals surface area contributed by atoms with E-state index in [9.17, 15) is 13.2 Å². The van der Waals surface area contributed by atoms with Crippen LogP contribution in [0.25, 0.3) is 0 Å². The molecule has 4 heteroatoms. The van der Waals surface area contributed by atoms with Crippen molar-refractivity contribution in [2.75, 3.05) is 14.1 Å². The fourth-order valence-electron chi connectivity index (χ4n) is 1.24. The number of allylic oxidation sites excluding steroid dienone is 4. The van der Waals surface area contributed by atoms with E-state index in [-0.39, 0.29) is 6.42 Å². The van der Waals surface area contributed by atoms with Crippen molar-refractivity contribution in [1.82, 2.24) is 4.90 Å². The predicted octanol–water partition coefficient (Wildman–Crippen LogP) is 2.71. The lowest BCUT2D eigenvalue weighted by Gasteiger charge is -2.21. The summed E-state index contributed by atoms with van der Waals surface area (Å²) in [5.41, 5.74) is 0.506. The van der Waals surface area contributed by atoms with Gasteiger partial charge < -0.3 is 4.90 Å². The second-order valence-corrected chi connectivity index (χ2v) is 3.24. The van der Waals surface area contributed by atoms with Gasteiger partial charge in [-0.3, -0.25) is 0 Å². The molecule has 1 aliphatic rings. The van der Waals surface area contributed by atoms with Crippen LogP contribution in [0.2, 0.25) is 0 Å². The quantitative estimate of drug-likeness (QED) is 0.616. The molecule has 0 aliphatic heterocycles. The second-order valence-electron chi connectivity index (χ2n) is 3.24. The zero-order chi connectivity index (χ0) is 10.1. The Kier molecular flexibility index (Phi) is 2.68. The molecule has 0 amide bonds. The molecule has 0 aromatic rings. The maximum absolute atomic E-state index is 12.2. The van der Waals surface area contributed by atoms with Gasteiger partial charge >= 0.3 is 6.18 Å². The molecule has 0 atom stereocenters. The number of hydrogen-bond donors (Lipinski definition) is 0. The maximum Gasteiger partial charge on any atom is 0.412 e. The van der Waals surface area contributed by atoms with Crippen LogP contribution in [-0.2, 0) is 0 Å². The van der Waals surface area contributed by atoms with Gasteiger partial charge in [0.25, 0.3) is 0 Å². The molecule has 13 heavy (non-hydrogen) atoms. The first kappa shape index (κ1) is 10.2.